The molecule has 0 saturated carbocycles. The maximum atomic E-state index is 4.58. The van der Waals surface area contributed by atoms with Gasteiger partial charge in [-0.1, -0.05) is 36.4 Å². The van der Waals surface area contributed by atoms with Crippen LogP contribution in [0.5, 0.6) is 0 Å². The number of aromatic nitrogens is 2. The van der Waals surface area contributed by atoms with Crippen LogP contribution in [0.2, 0.25) is 0 Å². The first-order valence-corrected chi connectivity index (χ1v) is 7.98. The molecule has 4 nitrogen and oxygen atoms in total. The summed E-state index contributed by atoms with van der Waals surface area (Å²) in [7, 11) is 0. The summed E-state index contributed by atoms with van der Waals surface area (Å²) in [5, 5.41) is 6.66. The highest BCUT2D eigenvalue weighted by Crippen LogP contribution is 2.19. The second-order valence-electron chi connectivity index (χ2n) is 4.55. The zero-order chi connectivity index (χ0) is 15.2. The Kier molecular flexibility index (Phi) is 4.56. The van der Waals surface area contributed by atoms with Gasteiger partial charge in [-0.3, -0.25) is 9.98 Å². The van der Waals surface area contributed by atoms with Gasteiger partial charge in [0.15, 0.2) is 0 Å². The number of thiazole rings is 1. The van der Waals surface area contributed by atoms with E-state index in [4.69, 9.17) is 0 Å². The van der Waals surface area contributed by atoms with Crippen molar-refractivity contribution in [1.29, 1.82) is 0 Å². The second-order valence-corrected chi connectivity index (χ2v) is 5.39. The van der Waals surface area contributed by atoms with Gasteiger partial charge >= 0.3 is 0 Å². The standard InChI is InChI=1S/C17H16N4S/c1-2-18-17-21(20-12-15-10-6-7-11-19-15)16(13-22-17)14-8-4-3-5-9-14/h3-13H,2H2,1H3. The molecule has 0 amide bonds. The van der Waals surface area contributed by atoms with E-state index in [1.165, 1.54) is 0 Å². The average molecular weight is 308 g/mol. The third kappa shape index (κ3) is 3.20. The number of rotatable bonds is 4. The Balaban J connectivity index is 2.07. The molecule has 0 fully saturated rings. The molecule has 0 unspecified atom stereocenters. The highest BCUT2D eigenvalue weighted by atomic mass is 32.1. The zero-order valence-electron chi connectivity index (χ0n) is 12.3. The van der Waals surface area contributed by atoms with Crippen LogP contribution in [-0.2, 0) is 0 Å². The molecule has 0 saturated heterocycles. The van der Waals surface area contributed by atoms with Gasteiger partial charge in [0.05, 0.1) is 17.6 Å². The SMILES string of the molecule is CCN=c1scc(-c2ccccc2)n1N=Cc1ccccn1. The van der Waals surface area contributed by atoms with Crippen molar-refractivity contribution >= 4 is 17.6 Å². The average Bonchev–Trinajstić information content (AvgIpc) is 2.98. The van der Waals surface area contributed by atoms with Crippen LogP contribution >= 0.6 is 11.3 Å². The molecule has 0 atom stereocenters. The summed E-state index contributed by atoms with van der Waals surface area (Å²) in [6.45, 7) is 2.75. The van der Waals surface area contributed by atoms with Gasteiger partial charge in [-0.2, -0.15) is 5.10 Å². The lowest BCUT2D eigenvalue weighted by Gasteiger charge is -2.03. The Labute approximate surface area is 133 Å². The molecule has 0 bridgehead atoms. The van der Waals surface area contributed by atoms with Gasteiger partial charge in [0, 0.05) is 23.7 Å². The zero-order valence-corrected chi connectivity index (χ0v) is 13.1. The minimum Gasteiger partial charge on any atom is -0.258 e. The van der Waals surface area contributed by atoms with Crippen molar-refractivity contribution in [2.24, 2.45) is 10.1 Å². The van der Waals surface area contributed by atoms with Crippen molar-refractivity contribution in [3.8, 4) is 11.3 Å². The lowest BCUT2D eigenvalue weighted by molar-refractivity contribution is 0.832. The Morgan fingerprint density at radius 2 is 1.95 bits per heavy atom. The van der Waals surface area contributed by atoms with E-state index in [2.05, 4.69) is 32.6 Å². The van der Waals surface area contributed by atoms with Gasteiger partial charge < -0.3 is 0 Å². The van der Waals surface area contributed by atoms with Crippen LogP contribution in [0, 0.1) is 0 Å². The van der Waals surface area contributed by atoms with Crippen LogP contribution in [0.1, 0.15) is 12.6 Å². The van der Waals surface area contributed by atoms with Crippen molar-refractivity contribution in [2.75, 3.05) is 6.54 Å². The number of nitrogens with zero attached hydrogens (tertiary/aromatic N) is 4. The van der Waals surface area contributed by atoms with Crippen LogP contribution in [0.25, 0.3) is 11.3 Å². The van der Waals surface area contributed by atoms with Gasteiger partial charge in [-0.25, -0.2) is 4.68 Å². The molecule has 0 aliphatic heterocycles. The van der Waals surface area contributed by atoms with Gasteiger partial charge in [0.25, 0.3) is 0 Å². The molecular weight excluding hydrogens is 292 g/mol. The topological polar surface area (TPSA) is 42.5 Å². The van der Waals surface area contributed by atoms with E-state index in [1.54, 1.807) is 23.7 Å². The first-order chi connectivity index (χ1) is 10.9. The van der Waals surface area contributed by atoms with Gasteiger partial charge in [-0.15, -0.1) is 11.3 Å². The molecule has 110 valence electrons. The first kappa shape index (κ1) is 14.4. The summed E-state index contributed by atoms with van der Waals surface area (Å²) >= 11 is 1.59. The predicted molar refractivity (Wildman–Crippen MR) is 91.1 cm³/mol. The molecule has 1 aromatic carbocycles. The van der Waals surface area contributed by atoms with Crippen LogP contribution in [-0.4, -0.2) is 22.4 Å². The minimum absolute atomic E-state index is 0.730. The first-order valence-electron chi connectivity index (χ1n) is 7.10. The normalized spacial score (nSPS) is 12.1. The lowest BCUT2D eigenvalue weighted by Crippen LogP contribution is -2.12. The molecule has 2 heterocycles. The van der Waals surface area contributed by atoms with Crippen LogP contribution in [0.4, 0.5) is 0 Å². The Morgan fingerprint density at radius 1 is 1.14 bits per heavy atom. The molecule has 3 aromatic rings. The van der Waals surface area contributed by atoms with Crippen molar-refractivity contribution in [1.82, 2.24) is 9.66 Å². The van der Waals surface area contributed by atoms with Crippen LogP contribution in [0.15, 0.2) is 70.2 Å². The number of benzene rings is 1. The van der Waals surface area contributed by atoms with Crippen LogP contribution < -0.4 is 4.80 Å². The fourth-order valence-corrected chi connectivity index (χ4v) is 2.93. The molecule has 3 rings (SSSR count). The molecule has 0 aliphatic carbocycles. The summed E-state index contributed by atoms with van der Waals surface area (Å²) < 4.78 is 1.87. The van der Waals surface area contributed by atoms with Crippen LogP contribution in [0.3, 0.4) is 0 Å². The maximum Gasteiger partial charge on any atom is 0.206 e. The largest absolute Gasteiger partial charge is 0.258 e. The number of pyridine rings is 1. The Morgan fingerprint density at radius 3 is 2.68 bits per heavy atom. The molecule has 0 spiro atoms. The van der Waals surface area contributed by atoms with Crippen molar-refractivity contribution in [3.63, 3.8) is 0 Å². The second kappa shape index (κ2) is 6.95. The van der Waals surface area contributed by atoms with E-state index in [1.807, 2.05) is 48.0 Å². The molecule has 0 N–H and O–H groups in total. The van der Waals surface area contributed by atoms with E-state index in [0.717, 1.165) is 28.3 Å². The Bertz CT molecular complexity index is 817. The number of hydrogen-bond acceptors (Lipinski definition) is 4. The maximum absolute atomic E-state index is 4.58. The van der Waals surface area contributed by atoms with E-state index < -0.39 is 0 Å². The van der Waals surface area contributed by atoms with E-state index in [9.17, 15) is 0 Å². The minimum atomic E-state index is 0.730. The monoisotopic (exact) mass is 308 g/mol. The quantitative estimate of drug-likeness (QED) is 0.681. The van der Waals surface area contributed by atoms with Gasteiger partial charge in [0.1, 0.15) is 0 Å². The summed E-state index contributed by atoms with van der Waals surface area (Å²) in [6.07, 6.45) is 3.52. The third-order valence-corrected chi connectivity index (χ3v) is 3.90. The fourth-order valence-electron chi connectivity index (χ4n) is 2.03. The molecule has 0 radical (unpaired) electrons. The highest BCUT2D eigenvalue weighted by molar-refractivity contribution is 7.07. The summed E-state index contributed by atoms with van der Waals surface area (Å²) in [4.78, 5) is 9.66. The van der Waals surface area contributed by atoms with E-state index >= 15 is 0 Å². The predicted octanol–water partition coefficient (Wildman–Crippen LogP) is 3.41. The molecule has 0 aliphatic rings. The van der Waals surface area contributed by atoms with Gasteiger partial charge in [0.2, 0.25) is 4.80 Å². The van der Waals surface area contributed by atoms with Crippen molar-refractivity contribution in [3.05, 3.63) is 70.6 Å². The lowest BCUT2D eigenvalue weighted by atomic mass is 10.2. The molecular formula is C17H16N4S. The summed E-state index contributed by atoms with van der Waals surface area (Å²) in [5.41, 5.74) is 2.97. The number of hydrogen-bond donors (Lipinski definition) is 0. The van der Waals surface area contributed by atoms with Gasteiger partial charge in [-0.05, 0) is 19.1 Å². The molecule has 22 heavy (non-hydrogen) atoms. The fraction of sp³-hybridized carbons (Fsp3) is 0.118. The van der Waals surface area contributed by atoms with Crippen molar-refractivity contribution < 1.29 is 0 Å². The molecule has 2 aromatic heterocycles. The van der Waals surface area contributed by atoms with E-state index in [0.29, 0.717) is 0 Å². The molecule has 5 heteroatoms. The summed E-state index contributed by atoms with van der Waals surface area (Å²) in [5.74, 6) is 0. The third-order valence-electron chi connectivity index (χ3n) is 3.04. The van der Waals surface area contributed by atoms with E-state index in [-0.39, 0.29) is 0 Å². The van der Waals surface area contributed by atoms with Crippen molar-refractivity contribution in [2.45, 2.75) is 6.92 Å². The smallest absolute Gasteiger partial charge is 0.206 e. The highest BCUT2D eigenvalue weighted by Gasteiger charge is 2.06. The Hall–Kier alpha value is -2.53. The summed E-state index contributed by atoms with van der Waals surface area (Å²) in [6, 6.07) is 16.0.